The van der Waals surface area contributed by atoms with E-state index in [9.17, 15) is 4.39 Å². The molecule has 1 aromatic heterocycles. The first-order chi connectivity index (χ1) is 6.04. The second-order valence-electron chi connectivity index (χ2n) is 3.51. The number of halogens is 1. The first kappa shape index (κ1) is 10.6. The second kappa shape index (κ2) is 4.15. The highest BCUT2D eigenvalue weighted by Gasteiger charge is 2.22. The van der Waals surface area contributed by atoms with Gasteiger partial charge in [-0.05, 0) is 33.2 Å². The highest BCUT2D eigenvalue weighted by Crippen LogP contribution is 2.27. The molecule has 0 aliphatic rings. The molecule has 0 fully saturated rings. The van der Waals surface area contributed by atoms with Crippen LogP contribution >= 0.6 is 11.3 Å². The number of nitrogens with two attached hydrogens (primary N) is 1. The molecule has 0 aromatic carbocycles. The summed E-state index contributed by atoms with van der Waals surface area (Å²) in [5.41, 5.74) is 5.01. The minimum absolute atomic E-state index is 0.555. The molecular weight excluding hydrogens is 187 g/mol. The Hall–Kier alpha value is -0.480. The van der Waals surface area contributed by atoms with Crippen LogP contribution in [0.15, 0.2) is 5.38 Å². The van der Waals surface area contributed by atoms with Gasteiger partial charge in [0.15, 0.2) is 5.67 Å². The van der Waals surface area contributed by atoms with Crippen LogP contribution in [0.1, 0.15) is 31.0 Å². The molecule has 13 heavy (non-hydrogen) atoms. The van der Waals surface area contributed by atoms with Gasteiger partial charge in [-0.2, -0.15) is 0 Å². The van der Waals surface area contributed by atoms with Crippen LogP contribution < -0.4 is 5.73 Å². The summed E-state index contributed by atoms with van der Waals surface area (Å²) in [4.78, 5) is 4.21. The van der Waals surface area contributed by atoms with Crippen LogP contribution in [0.2, 0.25) is 0 Å². The van der Waals surface area contributed by atoms with Gasteiger partial charge in [0, 0.05) is 5.38 Å². The van der Waals surface area contributed by atoms with Gasteiger partial charge in [0.25, 0.3) is 0 Å². The first-order valence-corrected chi connectivity index (χ1v) is 5.26. The third-order valence-electron chi connectivity index (χ3n) is 1.70. The smallest absolute Gasteiger partial charge is 0.156 e. The monoisotopic (exact) mass is 202 g/mol. The third-order valence-corrected chi connectivity index (χ3v) is 2.89. The van der Waals surface area contributed by atoms with Crippen molar-refractivity contribution < 1.29 is 4.39 Å². The van der Waals surface area contributed by atoms with E-state index in [1.807, 2.05) is 5.38 Å². The maximum Gasteiger partial charge on any atom is 0.156 e. The molecule has 4 heteroatoms. The number of rotatable bonds is 4. The largest absolute Gasteiger partial charge is 0.330 e. The minimum atomic E-state index is -1.31. The Morgan fingerprint density at radius 1 is 1.62 bits per heavy atom. The number of hydrogen-bond acceptors (Lipinski definition) is 3. The van der Waals surface area contributed by atoms with Crippen LogP contribution in [0.25, 0.3) is 0 Å². The van der Waals surface area contributed by atoms with Crippen molar-refractivity contribution in [2.75, 3.05) is 6.54 Å². The maximum absolute atomic E-state index is 13.4. The fourth-order valence-corrected chi connectivity index (χ4v) is 1.85. The highest BCUT2D eigenvalue weighted by molar-refractivity contribution is 7.09. The van der Waals surface area contributed by atoms with Crippen LogP contribution in [0.5, 0.6) is 0 Å². The van der Waals surface area contributed by atoms with E-state index in [0.717, 1.165) is 18.5 Å². The Labute approximate surface area is 82.0 Å². The Morgan fingerprint density at radius 2 is 2.31 bits per heavy atom. The predicted octanol–water partition coefficient (Wildman–Crippen LogP) is 2.24. The fourth-order valence-electron chi connectivity index (χ4n) is 0.978. The first-order valence-electron chi connectivity index (χ1n) is 4.38. The van der Waals surface area contributed by atoms with Gasteiger partial charge < -0.3 is 5.73 Å². The van der Waals surface area contributed by atoms with Crippen molar-refractivity contribution in [3.8, 4) is 0 Å². The summed E-state index contributed by atoms with van der Waals surface area (Å²) in [6, 6.07) is 0. The van der Waals surface area contributed by atoms with E-state index in [-0.39, 0.29) is 0 Å². The molecule has 0 radical (unpaired) electrons. The molecule has 0 bridgehead atoms. The van der Waals surface area contributed by atoms with Crippen LogP contribution in [-0.2, 0) is 12.1 Å². The minimum Gasteiger partial charge on any atom is -0.330 e. The van der Waals surface area contributed by atoms with Crippen molar-refractivity contribution in [2.45, 2.75) is 32.4 Å². The molecule has 2 N–H and O–H groups in total. The van der Waals surface area contributed by atoms with E-state index >= 15 is 0 Å². The lowest BCUT2D eigenvalue weighted by Crippen LogP contribution is -2.08. The molecule has 1 rings (SSSR count). The van der Waals surface area contributed by atoms with E-state index < -0.39 is 5.67 Å². The van der Waals surface area contributed by atoms with E-state index in [0.29, 0.717) is 11.6 Å². The molecule has 0 atom stereocenters. The standard InChI is InChI=1S/C9H15FN2S/c1-9(2,10)8-12-7(6-13-8)4-3-5-11/h6H,3-5,11H2,1-2H3. The molecule has 74 valence electrons. The topological polar surface area (TPSA) is 38.9 Å². The van der Waals surface area contributed by atoms with Crippen molar-refractivity contribution >= 4 is 11.3 Å². The zero-order valence-electron chi connectivity index (χ0n) is 8.01. The number of aromatic nitrogens is 1. The van der Waals surface area contributed by atoms with Gasteiger partial charge in [-0.3, -0.25) is 0 Å². The lowest BCUT2D eigenvalue weighted by atomic mass is 10.2. The summed E-state index contributed by atoms with van der Waals surface area (Å²) in [7, 11) is 0. The van der Waals surface area contributed by atoms with E-state index in [1.165, 1.54) is 25.2 Å². The normalized spacial score (nSPS) is 12.0. The van der Waals surface area contributed by atoms with Gasteiger partial charge in [-0.1, -0.05) is 0 Å². The lowest BCUT2D eigenvalue weighted by Gasteiger charge is -2.08. The van der Waals surface area contributed by atoms with Gasteiger partial charge in [-0.25, -0.2) is 9.37 Å². The third kappa shape index (κ3) is 3.04. The van der Waals surface area contributed by atoms with E-state index in [1.54, 1.807) is 0 Å². The highest BCUT2D eigenvalue weighted by atomic mass is 32.1. The van der Waals surface area contributed by atoms with Gasteiger partial charge >= 0.3 is 0 Å². The Balaban J connectivity index is 2.64. The summed E-state index contributed by atoms with van der Waals surface area (Å²) in [5, 5.41) is 2.46. The summed E-state index contributed by atoms with van der Waals surface area (Å²) < 4.78 is 13.4. The molecule has 0 unspecified atom stereocenters. The summed E-state index contributed by atoms with van der Waals surface area (Å²) >= 11 is 1.38. The SMILES string of the molecule is CC(C)(F)c1nc(CCCN)cs1. The zero-order valence-corrected chi connectivity index (χ0v) is 8.83. The Kier molecular flexibility index (Phi) is 3.39. The van der Waals surface area contributed by atoms with Crippen molar-refractivity contribution in [3.05, 3.63) is 16.1 Å². The number of nitrogens with zero attached hydrogens (tertiary/aromatic N) is 1. The quantitative estimate of drug-likeness (QED) is 0.813. The molecule has 0 aliphatic carbocycles. The molecule has 2 nitrogen and oxygen atoms in total. The Morgan fingerprint density at radius 3 is 2.77 bits per heavy atom. The summed E-state index contributed by atoms with van der Waals surface area (Å²) in [6.45, 7) is 3.71. The van der Waals surface area contributed by atoms with Crippen LogP contribution in [-0.4, -0.2) is 11.5 Å². The predicted molar refractivity (Wildman–Crippen MR) is 53.6 cm³/mol. The van der Waals surface area contributed by atoms with Crippen LogP contribution in [0.3, 0.4) is 0 Å². The molecular formula is C9H15FN2S. The van der Waals surface area contributed by atoms with Crippen molar-refractivity contribution in [2.24, 2.45) is 5.73 Å². The van der Waals surface area contributed by atoms with Gasteiger partial charge in [-0.15, -0.1) is 11.3 Å². The van der Waals surface area contributed by atoms with Crippen LogP contribution in [0, 0.1) is 0 Å². The maximum atomic E-state index is 13.4. The molecule has 0 spiro atoms. The number of alkyl halides is 1. The molecule has 0 aliphatic heterocycles. The average molecular weight is 202 g/mol. The molecule has 0 amide bonds. The van der Waals surface area contributed by atoms with E-state index in [4.69, 9.17) is 5.73 Å². The van der Waals surface area contributed by atoms with Crippen molar-refractivity contribution in [1.29, 1.82) is 0 Å². The second-order valence-corrected chi connectivity index (χ2v) is 4.37. The van der Waals surface area contributed by atoms with Gasteiger partial charge in [0.2, 0.25) is 0 Å². The van der Waals surface area contributed by atoms with E-state index in [2.05, 4.69) is 4.98 Å². The number of thiazole rings is 1. The number of hydrogen-bond donors (Lipinski definition) is 1. The molecule has 1 aromatic rings. The summed E-state index contributed by atoms with van der Waals surface area (Å²) in [5.74, 6) is 0. The Bertz CT molecular complexity index is 265. The molecule has 0 saturated heterocycles. The summed E-state index contributed by atoms with van der Waals surface area (Å²) in [6.07, 6.45) is 1.76. The fraction of sp³-hybridized carbons (Fsp3) is 0.667. The lowest BCUT2D eigenvalue weighted by molar-refractivity contribution is 0.220. The zero-order chi connectivity index (χ0) is 9.90. The molecule has 1 heterocycles. The number of aryl methyl sites for hydroxylation is 1. The van der Waals surface area contributed by atoms with Crippen molar-refractivity contribution in [3.63, 3.8) is 0 Å². The molecule has 0 saturated carbocycles. The van der Waals surface area contributed by atoms with Gasteiger partial charge in [0.05, 0.1) is 5.69 Å². The average Bonchev–Trinajstić information content (AvgIpc) is 2.47. The van der Waals surface area contributed by atoms with Crippen LogP contribution in [0.4, 0.5) is 4.39 Å². The van der Waals surface area contributed by atoms with Crippen molar-refractivity contribution in [1.82, 2.24) is 4.98 Å². The van der Waals surface area contributed by atoms with Gasteiger partial charge in [0.1, 0.15) is 5.01 Å².